The predicted molar refractivity (Wildman–Crippen MR) is 107 cm³/mol. The number of oxime groups is 1. The second kappa shape index (κ2) is 8.81. The zero-order valence-electron chi connectivity index (χ0n) is 16.0. The Kier molecular flexibility index (Phi) is 6.23. The fourth-order valence-corrected chi connectivity index (χ4v) is 3.50. The normalized spacial score (nSPS) is 16.0. The van der Waals surface area contributed by atoms with E-state index in [1.807, 2.05) is 18.3 Å². The van der Waals surface area contributed by atoms with E-state index < -0.39 is 0 Å². The summed E-state index contributed by atoms with van der Waals surface area (Å²) in [6, 6.07) is 12.6. The summed E-state index contributed by atoms with van der Waals surface area (Å²) >= 11 is 0. The third-order valence-electron chi connectivity index (χ3n) is 4.77. The Morgan fingerprint density at radius 2 is 1.81 bits per heavy atom. The van der Waals surface area contributed by atoms with Crippen LogP contribution >= 0.6 is 0 Å². The van der Waals surface area contributed by atoms with Gasteiger partial charge in [-0.15, -0.1) is 0 Å². The lowest BCUT2D eigenvalue weighted by molar-refractivity contribution is 0.211. The molecule has 1 saturated heterocycles. The Hall–Kier alpha value is -2.40. The minimum Gasteiger partial charge on any atom is -0.399 e. The molecular weight excluding hydrogens is 324 g/mol. The monoisotopic (exact) mass is 352 g/mol. The van der Waals surface area contributed by atoms with Crippen molar-refractivity contribution in [3.05, 3.63) is 59.3 Å². The maximum atomic E-state index is 5.11. The highest BCUT2D eigenvalue weighted by atomic mass is 16.6. The van der Waals surface area contributed by atoms with Gasteiger partial charge < -0.3 is 9.74 Å². The molecule has 0 radical (unpaired) electrons. The maximum Gasteiger partial charge on any atom is 0.128 e. The molecule has 0 atom stereocenters. The van der Waals surface area contributed by atoms with Crippen LogP contribution in [0.3, 0.4) is 0 Å². The van der Waals surface area contributed by atoms with Gasteiger partial charge in [-0.3, -0.25) is 4.90 Å². The summed E-state index contributed by atoms with van der Waals surface area (Å²) in [5, 5.41) is 4.29. The average molecular weight is 352 g/mol. The molecule has 0 spiro atoms. The largest absolute Gasteiger partial charge is 0.399 e. The molecule has 0 aliphatic carbocycles. The van der Waals surface area contributed by atoms with Gasteiger partial charge in [-0.25, -0.2) is 4.98 Å². The zero-order valence-corrected chi connectivity index (χ0v) is 16.0. The van der Waals surface area contributed by atoms with Gasteiger partial charge in [-0.05, 0) is 31.5 Å². The van der Waals surface area contributed by atoms with Crippen molar-refractivity contribution < 1.29 is 4.84 Å². The molecule has 0 N–H and O–H groups in total. The second-order valence-corrected chi connectivity index (χ2v) is 6.86. The van der Waals surface area contributed by atoms with Crippen molar-refractivity contribution in [3.63, 3.8) is 0 Å². The highest BCUT2D eigenvalue weighted by Gasteiger charge is 2.18. The third-order valence-corrected chi connectivity index (χ3v) is 4.77. The quantitative estimate of drug-likeness (QED) is 0.591. The van der Waals surface area contributed by atoms with E-state index in [1.165, 1.54) is 11.1 Å². The number of rotatable bonds is 6. The number of piperazine rings is 1. The lowest BCUT2D eigenvalue weighted by Gasteiger charge is -2.35. The molecule has 1 aliphatic heterocycles. The van der Waals surface area contributed by atoms with E-state index in [1.54, 1.807) is 7.11 Å². The predicted octanol–water partition coefficient (Wildman–Crippen LogP) is 3.26. The first-order valence-electron chi connectivity index (χ1n) is 9.23. The molecule has 1 fully saturated rings. The highest BCUT2D eigenvalue weighted by molar-refractivity contribution is 6.00. The molecule has 5 heteroatoms. The van der Waals surface area contributed by atoms with Crippen molar-refractivity contribution in [2.75, 3.05) is 44.7 Å². The first kappa shape index (κ1) is 18.4. The summed E-state index contributed by atoms with van der Waals surface area (Å²) in [5.41, 5.74) is 4.70. The Bertz CT molecular complexity index is 717. The zero-order chi connectivity index (χ0) is 18.4. The number of benzene rings is 1. The van der Waals surface area contributed by atoms with E-state index in [9.17, 15) is 0 Å². The van der Waals surface area contributed by atoms with Gasteiger partial charge in [-0.1, -0.05) is 40.5 Å². The van der Waals surface area contributed by atoms with E-state index in [0.717, 1.165) is 56.2 Å². The SMILES string of the molecule is CO/N=C(\CCN1CCN(c2ccccn2)CC1)c1cc(C)cc(C)c1. The Morgan fingerprint density at radius 3 is 2.42 bits per heavy atom. The number of nitrogens with zero attached hydrogens (tertiary/aromatic N) is 4. The molecule has 2 heterocycles. The molecule has 138 valence electrons. The molecule has 1 aromatic carbocycles. The van der Waals surface area contributed by atoms with Crippen LogP contribution in [0.2, 0.25) is 0 Å². The van der Waals surface area contributed by atoms with Crippen LogP contribution in [0, 0.1) is 13.8 Å². The molecule has 0 unspecified atom stereocenters. The van der Waals surface area contributed by atoms with Crippen LogP contribution in [0.25, 0.3) is 0 Å². The van der Waals surface area contributed by atoms with Crippen molar-refractivity contribution >= 4 is 11.5 Å². The van der Waals surface area contributed by atoms with Crippen LogP contribution < -0.4 is 4.90 Å². The van der Waals surface area contributed by atoms with E-state index in [2.05, 4.69) is 58.1 Å². The number of hydrogen-bond donors (Lipinski definition) is 0. The molecule has 3 rings (SSSR count). The van der Waals surface area contributed by atoms with Crippen molar-refractivity contribution in [1.82, 2.24) is 9.88 Å². The topological polar surface area (TPSA) is 41.0 Å². The van der Waals surface area contributed by atoms with Crippen molar-refractivity contribution in [1.29, 1.82) is 0 Å². The lowest BCUT2D eigenvalue weighted by Crippen LogP contribution is -2.47. The molecule has 2 aromatic rings. The number of anilines is 1. The summed E-state index contributed by atoms with van der Waals surface area (Å²) in [4.78, 5) is 14.4. The van der Waals surface area contributed by atoms with Crippen LogP contribution in [0.5, 0.6) is 0 Å². The van der Waals surface area contributed by atoms with Crippen LogP contribution in [-0.4, -0.2) is 55.4 Å². The van der Waals surface area contributed by atoms with Gasteiger partial charge in [0.1, 0.15) is 12.9 Å². The van der Waals surface area contributed by atoms with E-state index in [-0.39, 0.29) is 0 Å². The van der Waals surface area contributed by atoms with Gasteiger partial charge in [0.2, 0.25) is 0 Å². The number of aryl methyl sites for hydroxylation is 2. The number of pyridine rings is 1. The van der Waals surface area contributed by atoms with Gasteiger partial charge in [0, 0.05) is 45.3 Å². The molecule has 0 saturated carbocycles. The molecule has 0 amide bonds. The van der Waals surface area contributed by atoms with E-state index >= 15 is 0 Å². The molecule has 1 aliphatic rings. The maximum absolute atomic E-state index is 5.11. The third kappa shape index (κ3) is 4.82. The van der Waals surface area contributed by atoms with Gasteiger partial charge in [0.25, 0.3) is 0 Å². The fraction of sp³-hybridized carbons (Fsp3) is 0.429. The second-order valence-electron chi connectivity index (χ2n) is 6.86. The van der Waals surface area contributed by atoms with Gasteiger partial charge >= 0.3 is 0 Å². The van der Waals surface area contributed by atoms with Gasteiger partial charge in [0.15, 0.2) is 0 Å². The first-order chi connectivity index (χ1) is 12.7. The molecule has 26 heavy (non-hydrogen) atoms. The van der Waals surface area contributed by atoms with Gasteiger partial charge in [0.05, 0.1) is 5.71 Å². The van der Waals surface area contributed by atoms with Crippen LogP contribution in [0.4, 0.5) is 5.82 Å². The summed E-state index contributed by atoms with van der Waals surface area (Å²) in [6.07, 6.45) is 2.75. The van der Waals surface area contributed by atoms with Crippen LogP contribution in [0.1, 0.15) is 23.1 Å². The Labute approximate surface area is 156 Å². The standard InChI is InChI=1S/C21H28N4O/c1-17-14-18(2)16-19(15-17)20(23-26-3)7-9-24-10-12-25(13-11-24)21-6-4-5-8-22-21/h4-6,8,14-16H,7,9-13H2,1-3H3/b23-20+. The van der Waals surface area contributed by atoms with E-state index in [4.69, 9.17) is 4.84 Å². The fourth-order valence-electron chi connectivity index (χ4n) is 3.50. The number of hydrogen-bond acceptors (Lipinski definition) is 5. The summed E-state index contributed by atoms with van der Waals surface area (Å²) in [5.74, 6) is 1.07. The summed E-state index contributed by atoms with van der Waals surface area (Å²) in [6.45, 7) is 9.35. The average Bonchev–Trinajstić information content (AvgIpc) is 2.65. The lowest BCUT2D eigenvalue weighted by atomic mass is 10.0. The Balaban J connectivity index is 1.56. The van der Waals surface area contributed by atoms with Crippen LogP contribution in [-0.2, 0) is 4.84 Å². The summed E-state index contributed by atoms with van der Waals surface area (Å²) < 4.78 is 0. The summed E-state index contributed by atoms with van der Waals surface area (Å²) in [7, 11) is 1.62. The van der Waals surface area contributed by atoms with E-state index in [0.29, 0.717) is 0 Å². The first-order valence-corrected chi connectivity index (χ1v) is 9.23. The van der Waals surface area contributed by atoms with Crippen molar-refractivity contribution in [2.24, 2.45) is 5.16 Å². The minimum atomic E-state index is 0.889. The van der Waals surface area contributed by atoms with Crippen LogP contribution in [0.15, 0.2) is 47.8 Å². The Morgan fingerprint density at radius 1 is 1.08 bits per heavy atom. The van der Waals surface area contributed by atoms with Crippen molar-refractivity contribution in [2.45, 2.75) is 20.3 Å². The molecule has 1 aromatic heterocycles. The smallest absolute Gasteiger partial charge is 0.128 e. The minimum absolute atomic E-state index is 0.889. The number of aromatic nitrogens is 1. The molecule has 5 nitrogen and oxygen atoms in total. The molecular formula is C21H28N4O. The highest BCUT2D eigenvalue weighted by Crippen LogP contribution is 2.15. The van der Waals surface area contributed by atoms with Crippen molar-refractivity contribution in [3.8, 4) is 0 Å². The van der Waals surface area contributed by atoms with Gasteiger partial charge in [-0.2, -0.15) is 0 Å². The molecule has 0 bridgehead atoms.